The fraction of sp³-hybridized carbons (Fsp3) is 0.556. The van der Waals surface area contributed by atoms with Gasteiger partial charge in [0.25, 0.3) is 0 Å². The Morgan fingerprint density at radius 3 is 2.85 bits per heavy atom. The van der Waals surface area contributed by atoms with Crippen molar-refractivity contribution in [3.63, 3.8) is 0 Å². The number of aromatic nitrogens is 1. The Balaban J connectivity index is 1.51. The van der Waals surface area contributed by atoms with Crippen LogP contribution >= 0.6 is 0 Å². The van der Waals surface area contributed by atoms with Crippen molar-refractivity contribution in [2.45, 2.75) is 13.0 Å². The Morgan fingerprint density at radius 2 is 2.19 bits per heavy atom. The summed E-state index contributed by atoms with van der Waals surface area (Å²) in [5, 5.41) is 2.83. The summed E-state index contributed by atoms with van der Waals surface area (Å²) in [7, 11) is 1.66. The molecule has 1 saturated heterocycles. The second-order valence-corrected chi connectivity index (χ2v) is 6.40. The molecule has 2 aliphatic heterocycles. The number of hydrogen-bond acceptors (Lipinski definition) is 5. The highest BCUT2D eigenvalue weighted by atomic mass is 19.1. The third kappa shape index (κ3) is 4.70. The van der Waals surface area contributed by atoms with Crippen LogP contribution in [0.4, 0.5) is 15.0 Å². The van der Waals surface area contributed by atoms with E-state index < -0.39 is 0 Å². The molecule has 1 fully saturated rings. The van der Waals surface area contributed by atoms with E-state index >= 15 is 0 Å². The molecule has 7 nitrogen and oxygen atoms in total. The van der Waals surface area contributed by atoms with Crippen LogP contribution in [0.15, 0.2) is 23.9 Å². The second kappa shape index (κ2) is 8.95. The number of carbonyl (C=O) groups is 1. The largest absolute Gasteiger partial charge is 0.380 e. The zero-order valence-corrected chi connectivity index (χ0v) is 15.0. The SMILES string of the molecule is COCC1=CCN(C(=O)NCc2cnc(N3CCOCC3)c(F)c2)CC1. The molecule has 0 atom stereocenters. The Kier molecular flexibility index (Phi) is 6.40. The van der Waals surface area contributed by atoms with Crippen LogP contribution in [-0.4, -0.2) is 69.0 Å². The molecule has 0 aromatic carbocycles. The lowest BCUT2D eigenvalue weighted by molar-refractivity contribution is 0.122. The molecule has 8 heteroatoms. The minimum Gasteiger partial charge on any atom is -0.380 e. The predicted octanol–water partition coefficient (Wildman–Crippen LogP) is 1.55. The molecule has 26 heavy (non-hydrogen) atoms. The molecular formula is C18H25FN4O3. The van der Waals surface area contributed by atoms with Gasteiger partial charge < -0.3 is 24.6 Å². The van der Waals surface area contributed by atoms with E-state index in [0.717, 1.165) is 6.42 Å². The number of morpholine rings is 1. The molecule has 3 rings (SSSR count). The number of rotatable bonds is 5. The topological polar surface area (TPSA) is 66.9 Å². The maximum absolute atomic E-state index is 14.3. The van der Waals surface area contributed by atoms with Crippen LogP contribution in [-0.2, 0) is 16.0 Å². The van der Waals surface area contributed by atoms with E-state index in [9.17, 15) is 9.18 Å². The normalized spacial score (nSPS) is 17.8. The molecule has 0 saturated carbocycles. The molecule has 2 amide bonds. The average Bonchev–Trinajstić information content (AvgIpc) is 2.68. The molecule has 0 bridgehead atoms. The number of methoxy groups -OCH3 is 1. The van der Waals surface area contributed by atoms with Crippen LogP contribution in [0.3, 0.4) is 0 Å². The zero-order valence-electron chi connectivity index (χ0n) is 15.0. The van der Waals surface area contributed by atoms with Gasteiger partial charge in [-0.2, -0.15) is 0 Å². The van der Waals surface area contributed by atoms with Crippen LogP contribution in [0.1, 0.15) is 12.0 Å². The third-order valence-corrected chi connectivity index (χ3v) is 4.55. The monoisotopic (exact) mass is 364 g/mol. The van der Waals surface area contributed by atoms with Crippen LogP contribution in [0.5, 0.6) is 0 Å². The third-order valence-electron chi connectivity index (χ3n) is 4.55. The second-order valence-electron chi connectivity index (χ2n) is 6.40. The fourth-order valence-corrected chi connectivity index (χ4v) is 3.08. The lowest BCUT2D eigenvalue weighted by Crippen LogP contribution is -2.42. The Morgan fingerprint density at radius 1 is 1.38 bits per heavy atom. The van der Waals surface area contributed by atoms with E-state index in [1.54, 1.807) is 18.2 Å². The zero-order chi connectivity index (χ0) is 18.4. The van der Waals surface area contributed by atoms with Gasteiger partial charge in [0.2, 0.25) is 0 Å². The summed E-state index contributed by atoms with van der Waals surface area (Å²) in [5.41, 5.74) is 1.85. The predicted molar refractivity (Wildman–Crippen MR) is 95.6 cm³/mol. The lowest BCUT2D eigenvalue weighted by atomic mass is 10.1. The van der Waals surface area contributed by atoms with E-state index in [-0.39, 0.29) is 18.4 Å². The minimum absolute atomic E-state index is 0.157. The molecule has 2 aliphatic rings. The Bertz CT molecular complexity index is 662. The van der Waals surface area contributed by atoms with Crippen LogP contribution in [0, 0.1) is 5.82 Å². The van der Waals surface area contributed by atoms with Gasteiger partial charge in [0, 0.05) is 46.0 Å². The van der Waals surface area contributed by atoms with Crippen molar-refractivity contribution in [3.05, 3.63) is 35.3 Å². The first-order chi connectivity index (χ1) is 12.7. The maximum Gasteiger partial charge on any atom is 0.317 e. The summed E-state index contributed by atoms with van der Waals surface area (Å²) in [5.74, 6) is -0.0287. The van der Waals surface area contributed by atoms with Gasteiger partial charge in [-0.15, -0.1) is 0 Å². The van der Waals surface area contributed by atoms with Crippen molar-refractivity contribution < 1.29 is 18.7 Å². The van der Waals surface area contributed by atoms with Crippen molar-refractivity contribution in [1.29, 1.82) is 0 Å². The van der Waals surface area contributed by atoms with Gasteiger partial charge in [0.1, 0.15) is 0 Å². The first-order valence-electron chi connectivity index (χ1n) is 8.84. The molecule has 0 radical (unpaired) electrons. The van der Waals surface area contributed by atoms with Crippen LogP contribution in [0.25, 0.3) is 0 Å². The summed E-state index contributed by atoms with van der Waals surface area (Å²) < 4.78 is 24.7. The van der Waals surface area contributed by atoms with Gasteiger partial charge in [-0.25, -0.2) is 14.2 Å². The molecule has 142 valence electrons. The van der Waals surface area contributed by atoms with Gasteiger partial charge in [0.05, 0.1) is 19.8 Å². The summed E-state index contributed by atoms with van der Waals surface area (Å²) in [6.45, 7) is 4.50. The first kappa shape index (κ1) is 18.6. The number of halogens is 1. The standard InChI is InChI=1S/C18H25FN4O3/c1-25-13-14-2-4-23(5-3-14)18(24)21-12-15-10-16(19)17(20-11-15)22-6-8-26-9-7-22/h2,10-11H,3-9,12-13H2,1H3,(H,21,24). The van der Waals surface area contributed by atoms with Gasteiger partial charge in [-0.1, -0.05) is 6.08 Å². The van der Waals surface area contributed by atoms with Gasteiger partial charge in [0.15, 0.2) is 11.6 Å². The quantitative estimate of drug-likeness (QED) is 0.803. The van der Waals surface area contributed by atoms with Crippen molar-refractivity contribution >= 4 is 11.8 Å². The Hall–Kier alpha value is -2.19. The van der Waals surface area contributed by atoms with Crippen molar-refractivity contribution in [1.82, 2.24) is 15.2 Å². The minimum atomic E-state index is -0.372. The molecule has 0 unspecified atom stereocenters. The Labute approximate surface area is 152 Å². The smallest absolute Gasteiger partial charge is 0.317 e. The van der Waals surface area contributed by atoms with E-state index in [2.05, 4.69) is 10.3 Å². The van der Waals surface area contributed by atoms with Gasteiger partial charge in [-0.3, -0.25) is 0 Å². The number of hydrogen-bond donors (Lipinski definition) is 1. The van der Waals surface area contributed by atoms with Gasteiger partial charge >= 0.3 is 6.03 Å². The van der Waals surface area contributed by atoms with E-state index in [1.165, 1.54) is 11.6 Å². The van der Waals surface area contributed by atoms with Gasteiger partial charge in [-0.05, 0) is 23.6 Å². The average molecular weight is 364 g/mol. The van der Waals surface area contributed by atoms with Crippen molar-refractivity contribution in [2.24, 2.45) is 0 Å². The number of anilines is 1. The molecule has 3 heterocycles. The number of nitrogens with one attached hydrogen (secondary N) is 1. The maximum atomic E-state index is 14.3. The summed E-state index contributed by atoms with van der Waals surface area (Å²) >= 11 is 0. The highest BCUT2D eigenvalue weighted by Crippen LogP contribution is 2.18. The van der Waals surface area contributed by atoms with Crippen molar-refractivity contribution in [2.75, 3.05) is 58.0 Å². The molecule has 1 N–H and O–H groups in total. The number of carbonyl (C=O) groups excluding carboxylic acids is 1. The lowest BCUT2D eigenvalue weighted by Gasteiger charge is -2.28. The highest BCUT2D eigenvalue weighted by Gasteiger charge is 2.19. The highest BCUT2D eigenvalue weighted by molar-refractivity contribution is 5.74. The van der Waals surface area contributed by atoms with Crippen molar-refractivity contribution in [3.8, 4) is 0 Å². The number of nitrogens with zero attached hydrogens (tertiary/aromatic N) is 3. The molecule has 0 aliphatic carbocycles. The number of urea groups is 1. The number of ether oxygens (including phenoxy) is 2. The van der Waals surface area contributed by atoms with E-state index in [0.29, 0.717) is 57.4 Å². The molecule has 1 aromatic rings. The summed E-state index contributed by atoms with van der Waals surface area (Å²) in [6.07, 6.45) is 4.44. The first-order valence-corrected chi connectivity index (χ1v) is 8.84. The number of pyridine rings is 1. The summed E-state index contributed by atoms with van der Waals surface area (Å²) in [6, 6.07) is 1.28. The molecule has 0 spiro atoms. The van der Waals surface area contributed by atoms with Crippen LogP contribution in [0.2, 0.25) is 0 Å². The summed E-state index contributed by atoms with van der Waals surface area (Å²) in [4.78, 5) is 20.1. The molecule has 1 aromatic heterocycles. The van der Waals surface area contributed by atoms with Crippen LogP contribution < -0.4 is 10.2 Å². The molecular weight excluding hydrogens is 339 g/mol. The fourth-order valence-electron chi connectivity index (χ4n) is 3.08. The van der Waals surface area contributed by atoms with E-state index in [1.807, 2.05) is 11.0 Å². The van der Waals surface area contributed by atoms with E-state index in [4.69, 9.17) is 9.47 Å². The number of amides is 2.